The van der Waals surface area contributed by atoms with Crippen LogP contribution in [0.4, 0.5) is 5.82 Å². The maximum Gasteiger partial charge on any atom is 0.180 e. The SMILES string of the molecule is N#Cc1cccc(-c2nc(N)c3nccn3c2-c2cc(Cl)c3ncccc3c2)c1. The lowest BCUT2D eigenvalue weighted by atomic mass is 10.0. The number of nitrogen functional groups attached to an aromatic ring is 1. The van der Waals surface area contributed by atoms with Gasteiger partial charge < -0.3 is 5.73 Å². The fraction of sp³-hybridized carbons (Fsp3) is 0. The first-order valence-corrected chi connectivity index (χ1v) is 9.21. The summed E-state index contributed by atoms with van der Waals surface area (Å²) >= 11 is 6.54. The maximum atomic E-state index is 9.31. The van der Waals surface area contributed by atoms with Gasteiger partial charge in [0.2, 0.25) is 0 Å². The van der Waals surface area contributed by atoms with Crippen molar-refractivity contribution >= 4 is 34.0 Å². The van der Waals surface area contributed by atoms with E-state index in [9.17, 15) is 5.26 Å². The van der Waals surface area contributed by atoms with E-state index in [1.807, 2.05) is 47.0 Å². The molecule has 0 spiro atoms. The number of hydrogen-bond donors (Lipinski definition) is 1. The van der Waals surface area contributed by atoms with Gasteiger partial charge in [-0.25, -0.2) is 9.97 Å². The van der Waals surface area contributed by atoms with Crippen LogP contribution in [-0.2, 0) is 0 Å². The van der Waals surface area contributed by atoms with Crippen molar-refractivity contribution < 1.29 is 0 Å². The Balaban J connectivity index is 1.89. The van der Waals surface area contributed by atoms with E-state index < -0.39 is 0 Å². The second-order valence-electron chi connectivity index (χ2n) is 6.54. The van der Waals surface area contributed by atoms with Crippen LogP contribution in [0.15, 0.2) is 67.1 Å². The number of fused-ring (bicyclic) bond motifs is 2. The fourth-order valence-corrected chi connectivity index (χ4v) is 3.78. The second-order valence-corrected chi connectivity index (χ2v) is 6.95. The van der Waals surface area contributed by atoms with Gasteiger partial charge in [-0.1, -0.05) is 29.8 Å². The Hall–Kier alpha value is -3.95. The number of benzene rings is 2. The molecule has 3 aromatic heterocycles. The molecule has 5 rings (SSSR count). The monoisotopic (exact) mass is 396 g/mol. The molecule has 6 nitrogen and oxygen atoms in total. The van der Waals surface area contributed by atoms with Crippen LogP contribution in [0.1, 0.15) is 5.56 Å². The number of anilines is 1. The largest absolute Gasteiger partial charge is 0.381 e. The van der Waals surface area contributed by atoms with E-state index in [0.717, 1.165) is 27.7 Å². The Kier molecular flexibility index (Phi) is 3.90. The summed E-state index contributed by atoms with van der Waals surface area (Å²) in [5.74, 6) is 0.310. The molecule has 0 unspecified atom stereocenters. The Morgan fingerprint density at radius 1 is 1.00 bits per heavy atom. The average molecular weight is 397 g/mol. The highest BCUT2D eigenvalue weighted by Gasteiger charge is 2.18. The fourth-order valence-electron chi connectivity index (χ4n) is 3.51. The second kappa shape index (κ2) is 6.59. The van der Waals surface area contributed by atoms with Crippen molar-refractivity contribution in [1.29, 1.82) is 5.26 Å². The molecule has 2 N–H and O–H groups in total. The molecule has 0 atom stereocenters. The zero-order chi connectivity index (χ0) is 20.0. The molecular weight excluding hydrogens is 384 g/mol. The van der Waals surface area contributed by atoms with Crippen molar-refractivity contribution in [3.63, 3.8) is 0 Å². The highest BCUT2D eigenvalue weighted by molar-refractivity contribution is 6.35. The van der Waals surface area contributed by atoms with Crippen LogP contribution in [0.25, 0.3) is 39.1 Å². The summed E-state index contributed by atoms with van der Waals surface area (Å²) < 4.78 is 1.89. The lowest BCUT2D eigenvalue weighted by Crippen LogP contribution is -2.04. The number of imidazole rings is 1. The molecule has 0 radical (unpaired) electrons. The third-order valence-electron chi connectivity index (χ3n) is 4.76. The molecule has 3 heterocycles. The van der Waals surface area contributed by atoms with E-state index in [-0.39, 0.29) is 0 Å². The highest BCUT2D eigenvalue weighted by atomic mass is 35.5. The smallest absolute Gasteiger partial charge is 0.180 e. The van der Waals surface area contributed by atoms with E-state index in [1.54, 1.807) is 24.5 Å². The Morgan fingerprint density at radius 3 is 2.76 bits per heavy atom. The average Bonchev–Trinajstić information content (AvgIpc) is 3.24. The predicted octanol–water partition coefficient (Wildman–Crippen LogP) is 4.72. The summed E-state index contributed by atoms with van der Waals surface area (Å²) in [6, 6.07) is 17.1. The maximum absolute atomic E-state index is 9.31. The number of aromatic nitrogens is 4. The van der Waals surface area contributed by atoms with Gasteiger partial charge in [0.15, 0.2) is 11.5 Å². The number of nitrogens with zero attached hydrogens (tertiary/aromatic N) is 5. The zero-order valence-corrected chi connectivity index (χ0v) is 15.8. The standard InChI is InChI=1S/C22H13ClN6/c23-17-11-16(10-15-5-2-6-26-18(15)17)20-19(14-4-1-3-13(9-14)12-24)28-21(25)22-27-7-8-29(20)22/h1-11H,(H2,25,28). The molecular formula is C22H13ClN6. The highest BCUT2D eigenvalue weighted by Crippen LogP contribution is 2.36. The summed E-state index contributed by atoms with van der Waals surface area (Å²) in [6.45, 7) is 0. The quantitative estimate of drug-likeness (QED) is 0.466. The number of nitriles is 1. The van der Waals surface area contributed by atoms with Crippen molar-refractivity contribution in [2.24, 2.45) is 0 Å². The number of rotatable bonds is 2. The first-order valence-electron chi connectivity index (χ1n) is 8.83. The minimum Gasteiger partial charge on any atom is -0.381 e. The molecule has 0 amide bonds. The third-order valence-corrected chi connectivity index (χ3v) is 5.05. The predicted molar refractivity (Wildman–Crippen MR) is 113 cm³/mol. The molecule has 0 saturated heterocycles. The minimum atomic E-state index is 0.310. The van der Waals surface area contributed by atoms with Gasteiger partial charge in [0.1, 0.15) is 0 Å². The topological polar surface area (TPSA) is 92.9 Å². The van der Waals surface area contributed by atoms with Gasteiger partial charge in [-0.05, 0) is 30.3 Å². The third kappa shape index (κ3) is 2.76. The van der Waals surface area contributed by atoms with E-state index in [1.165, 1.54) is 0 Å². The van der Waals surface area contributed by atoms with Gasteiger partial charge in [-0.15, -0.1) is 0 Å². The minimum absolute atomic E-state index is 0.310. The molecule has 0 aliphatic carbocycles. The zero-order valence-electron chi connectivity index (χ0n) is 15.0. The molecule has 0 aliphatic heterocycles. The van der Waals surface area contributed by atoms with Gasteiger partial charge in [0.05, 0.1) is 33.6 Å². The lowest BCUT2D eigenvalue weighted by molar-refractivity contribution is 1.14. The van der Waals surface area contributed by atoms with Crippen LogP contribution >= 0.6 is 11.6 Å². The normalized spacial score (nSPS) is 11.0. The van der Waals surface area contributed by atoms with Crippen LogP contribution in [0.5, 0.6) is 0 Å². The summed E-state index contributed by atoms with van der Waals surface area (Å²) in [6.07, 6.45) is 5.23. The Morgan fingerprint density at radius 2 is 1.90 bits per heavy atom. The first-order chi connectivity index (χ1) is 14.2. The summed E-state index contributed by atoms with van der Waals surface area (Å²) in [4.78, 5) is 13.3. The van der Waals surface area contributed by atoms with Crippen molar-refractivity contribution in [3.8, 4) is 28.6 Å². The molecule has 7 heteroatoms. The van der Waals surface area contributed by atoms with E-state index in [4.69, 9.17) is 17.3 Å². The molecule has 29 heavy (non-hydrogen) atoms. The van der Waals surface area contributed by atoms with Crippen LogP contribution in [0.3, 0.4) is 0 Å². The van der Waals surface area contributed by atoms with Gasteiger partial charge in [-0.2, -0.15) is 5.26 Å². The number of halogens is 1. The molecule has 5 aromatic rings. The van der Waals surface area contributed by atoms with Gasteiger partial charge >= 0.3 is 0 Å². The lowest BCUT2D eigenvalue weighted by Gasteiger charge is -2.15. The van der Waals surface area contributed by atoms with Gasteiger partial charge in [-0.3, -0.25) is 9.38 Å². The first kappa shape index (κ1) is 17.2. The molecule has 138 valence electrons. The molecule has 0 saturated carbocycles. The Bertz CT molecular complexity index is 1450. The van der Waals surface area contributed by atoms with Crippen molar-refractivity contribution in [1.82, 2.24) is 19.4 Å². The molecule has 0 fully saturated rings. The molecule has 0 bridgehead atoms. The van der Waals surface area contributed by atoms with E-state index in [2.05, 4.69) is 21.0 Å². The van der Waals surface area contributed by atoms with Crippen molar-refractivity contribution in [2.45, 2.75) is 0 Å². The van der Waals surface area contributed by atoms with Gasteiger partial charge in [0, 0.05) is 35.1 Å². The van der Waals surface area contributed by atoms with Crippen molar-refractivity contribution in [3.05, 3.63) is 77.7 Å². The molecule has 0 aliphatic rings. The van der Waals surface area contributed by atoms with Crippen LogP contribution < -0.4 is 5.73 Å². The van der Waals surface area contributed by atoms with Crippen LogP contribution in [0.2, 0.25) is 5.02 Å². The molecule has 2 aromatic carbocycles. The van der Waals surface area contributed by atoms with E-state index >= 15 is 0 Å². The number of pyridine rings is 1. The number of hydrogen-bond acceptors (Lipinski definition) is 5. The summed E-state index contributed by atoms with van der Waals surface area (Å²) in [5, 5.41) is 10.8. The Labute approximate surface area is 170 Å². The van der Waals surface area contributed by atoms with Crippen LogP contribution in [0, 0.1) is 11.3 Å². The number of nitrogens with two attached hydrogens (primary N) is 1. The van der Waals surface area contributed by atoms with Crippen molar-refractivity contribution in [2.75, 3.05) is 5.73 Å². The van der Waals surface area contributed by atoms with E-state index in [0.29, 0.717) is 27.7 Å². The summed E-state index contributed by atoms with van der Waals surface area (Å²) in [5.41, 5.74) is 11.1. The summed E-state index contributed by atoms with van der Waals surface area (Å²) in [7, 11) is 0. The van der Waals surface area contributed by atoms with Gasteiger partial charge in [0.25, 0.3) is 0 Å². The van der Waals surface area contributed by atoms with Crippen LogP contribution in [-0.4, -0.2) is 19.4 Å².